The Morgan fingerprint density at radius 2 is 1.12 bits per heavy atom. The molecule has 8 N–H and O–H groups in total. The minimum Gasteiger partial charge on any atom is -0.353 e. The second-order valence-electron chi connectivity index (χ2n) is 16.4. The summed E-state index contributed by atoms with van der Waals surface area (Å²) < 4.78 is 0. The average Bonchev–Trinajstić information content (AvgIpc) is 4.00. The summed E-state index contributed by atoms with van der Waals surface area (Å²) in [4.78, 5) is 130. The van der Waals surface area contributed by atoms with Gasteiger partial charge < -0.3 is 62.1 Å². The molecule has 362 valence electrons. The number of hydrogen-bond donors (Lipinski definition) is 8. The predicted molar refractivity (Wildman–Crippen MR) is 249 cm³/mol. The number of fused-ring (bicyclic) bond motifs is 1. The number of benzene rings is 1. The van der Waals surface area contributed by atoms with E-state index in [0.29, 0.717) is 36.1 Å². The van der Waals surface area contributed by atoms with E-state index in [2.05, 4.69) is 42.5 Å². The highest BCUT2D eigenvalue weighted by Crippen LogP contribution is 2.33. The van der Waals surface area contributed by atoms with Gasteiger partial charge in [0.15, 0.2) is 5.11 Å². The van der Waals surface area contributed by atoms with Crippen molar-refractivity contribution in [3.05, 3.63) is 36.4 Å². The number of hydrogen-bond acceptors (Lipinski definition) is 12. The highest BCUT2D eigenvalue weighted by atomic mass is 32.2. The molecule has 0 aliphatic carbocycles. The van der Waals surface area contributed by atoms with Crippen LogP contribution in [0.2, 0.25) is 0 Å². The van der Waals surface area contributed by atoms with Crippen LogP contribution >= 0.6 is 24.0 Å². The van der Waals surface area contributed by atoms with Gasteiger partial charge in [-0.3, -0.25) is 43.3 Å². The Labute approximate surface area is 396 Å². The highest BCUT2D eigenvalue weighted by molar-refractivity contribution is 8.00. The number of urea groups is 2. The molecule has 5 heterocycles. The summed E-state index contributed by atoms with van der Waals surface area (Å²) in [5.41, 5.74) is 1.32. The molecule has 4 fully saturated rings. The number of amides is 12. The van der Waals surface area contributed by atoms with Crippen LogP contribution in [-0.2, 0) is 38.4 Å². The molecule has 0 bridgehead atoms. The van der Waals surface area contributed by atoms with Crippen LogP contribution in [0.4, 0.5) is 21.0 Å². The summed E-state index contributed by atoms with van der Waals surface area (Å²) in [7, 11) is 0. The van der Waals surface area contributed by atoms with Gasteiger partial charge in [0.1, 0.15) is 0 Å². The maximum atomic E-state index is 12.9. The summed E-state index contributed by atoms with van der Waals surface area (Å²) in [6.45, 7) is 1.20. The molecule has 6 rings (SSSR count). The fraction of sp³-hybridized carbons (Fsp3) is 0.548. The SMILES string of the molecule is O=C(CCCC[C@@H]1SC[C@@H]2NC(=O)N[C@@H]21)Nc1ccc(NC(=S)NCC(=O)N2CCN(C(=O)CNC(=O)N3CCN([13C](=O)[13CH2]N[13C](=O)[13CH2][15NH]C(=O)CCCN4C(=O)C=CC4=O)CC3)CC2)cc1. The molecular formula is C42H57N13O10S2. The fourth-order valence-corrected chi connectivity index (χ4v) is 9.72. The number of rotatable bonds is 19. The molecular weight excluding hydrogens is 916 g/mol. The van der Waals surface area contributed by atoms with Crippen LogP contribution < -0.4 is 42.5 Å². The molecule has 0 radical (unpaired) electrons. The number of piperazine rings is 2. The minimum absolute atomic E-state index is 0.000500. The lowest BCUT2D eigenvalue weighted by molar-refractivity contribution is -0.138. The van der Waals surface area contributed by atoms with E-state index < -0.39 is 29.7 Å². The van der Waals surface area contributed by atoms with Crippen LogP contribution in [0.25, 0.3) is 0 Å². The maximum absolute atomic E-state index is 12.9. The topological polar surface area (TPSA) is 283 Å². The molecule has 1 aromatic rings. The largest absolute Gasteiger partial charge is 0.353 e. The molecule has 0 aromatic heterocycles. The van der Waals surface area contributed by atoms with Gasteiger partial charge in [0.2, 0.25) is 35.4 Å². The van der Waals surface area contributed by atoms with Crippen LogP contribution in [0.1, 0.15) is 38.5 Å². The Bertz CT molecular complexity index is 2080. The van der Waals surface area contributed by atoms with Crippen molar-refractivity contribution in [3.8, 4) is 0 Å². The molecule has 25 heteroatoms. The standard InChI is InChI=1S/C42H57N13O10S2/c56-31(6-3-13-55-34(59)11-12-35(55)60)43-22-33(58)44-23-36(61)53-18-20-54(21-19-53)42(65)46-25-38(63)52-16-14-51(15-17-52)37(62)24-45-41(66)48-28-9-7-27(8-10-28)47-32(57)5-2-1-4-30-39-29(26-67-30)49-40(64)50-39/h7-12,29-30,39H,1-6,13-26H2,(H,43,56)(H,44,58)(H,46,65)(H,47,57)(H2,45,48,66)(H2,49,50,64)/t29-,30-,39-/m0/s1/i22+1,23+1,33+1,36+1,43+1. The monoisotopic (exact) mass is 972 g/mol. The van der Waals surface area contributed by atoms with E-state index in [4.69, 9.17) is 12.2 Å². The molecule has 1 aromatic carbocycles. The molecule has 0 spiro atoms. The van der Waals surface area contributed by atoms with Gasteiger partial charge in [0, 0.05) is 106 Å². The number of carbonyl (C=O) groups excluding carboxylic acids is 10. The minimum atomic E-state index is -0.571. The number of nitrogens with one attached hydrogen (secondary N) is 8. The first-order chi connectivity index (χ1) is 32.2. The van der Waals surface area contributed by atoms with E-state index >= 15 is 0 Å². The lowest BCUT2D eigenvalue weighted by Gasteiger charge is -2.36. The van der Waals surface area contributed by atoms with Crippen molar-refractivity contribution in [3.63, 3.8) is 0 Å². The van der Waals surface area contributed by atoms with Crippen LogP contribution in [0.15, 0.2) is 36.4 Å². The molecule has 5 aliphatic heterocycles. The number of anilines is 2. The van der Waals surface area contributed by atoms with Gasteiger partial charge in [0.05, 0.1) is 38.3 Å². The van der Waals surface area contributed by atoms with Gasteiger partial charge >= 0.3 is 12.1 Å². The molecule has 0 unspecified atom stereocenters. The zero-order chi connectivity index (χ0) is 47.9. The van der Waals surface area contributed by atoms with Crippen LogP contribution in [0.5, 0.6) is 0 Å². The van der Waals surface area contributed by atoms with Crippen molar-refractivity contribution in [2.75, 3.05) is 101 Å². The second-order valence-corrected chi connectivity index (χ2v) is 18.1. The zero-order valence-corrected chi connectivity index (χ0v) is 38.6. The summed E-state index contributed by atoms with van der Waals surface area (Å²) in [6.07, 6.45) is 5.55. The molecule has 67 heavy (non-hydrogen) atoms. The van der Waals surface area contributed by atoms with E-state index in [1.54, 1.807) is 34.1 Å². The van der Waals surface area contributed by atoms with Gasteiger partial charge in [-0.2, -0.15) is 11.8 Å². The quantitative estimate of drug-likeness (QED) is 0.0188. The number of nitrogens with zero attached hydrogens (tertiary/aromatic N) is 5. The Morgan fingerprint density at radius 1 is 0.597 bits per heavy atom. The van der Waals surface area contributed by atoms with E-state index in [0.717, 1.165) is 42.1 Å². The number of thioether (sulfide) groups is 1. The normalized spacial score (nSPS) is 19.9. The molecule has 23 nitrogen and oxygen atoms in total. The lowest BCUT2D eigenvalue weighted by Crippen LogP contribution is -2.57. The van der Waals surface area contributed by atoms with E-state index in [1.807, 2.05) is 11.8 Å². The first-order valence-corrected chi connectivity index (χ1v) is 23.7. The third-order valence-corrected chi connectivity index (χ3v) is 13.5. The van der Waals surface area contributed by atoms with Crippen LogP contribution in [0, 0.1) is 0 Å². The van der Waals surface area contributed by atoms with Crippen molar-refractivity contribution in [2.24, 2.45) is 0 Å². The van der Waals surface area contributed by atoms with Gasteiger partial charge in [-0.05, 0) is 55.7 Å². The smallest absolute Gasteiger partial charge is 0.317 e. The summed E-state index contributed by atoms with van der Waals surface area (Å²) in [5, 5.41) is 22.9. The highest BCUT2D eigenvalue weighted by Gasteiger charge is 2.42. The molecule has 0 saturated carbocycles. The Morgan fingerprint density at radius 3 is 1.73 bits per heavy atom. The van der Waals surface area contributed by atoms with Crippen molar-refractivity contribution < 1.29 is 47.9 Å². The summed E-state index contributed by atoms with van der Waals surface area (Å²) >= 11 is 7.24. The first-order valence-electron chi connectivity index (χ1n) is 22.3. The average molecular weight is 973 g/mol. The number of carbonyl (C=O) groups is 10. The van der Waals surface area contributed by atoms with Crippen molar-refractivity contribution in [1.82, 2.24) is 56.4 Å². The zero-order valence-electron chi connectivity index (χ0n) is 37.0. The number of imide groups is 1. The molecule has 3 atom stereocenters. The summed E-state index contributed by atoms with van der Waals surface area (Å²) in [5.74, 6) is -1.90. The Balaban J connectivity index is 0.763. The Hall–Kier alpha value is -6.50. The second kappa shape index (κ2) is 24.3. The number of unbranched alkanes of at least 4 members (excludes halogenated alkanes) is 1. The van der Waals surface area contributed by atoms with Gasteiger partial charge in [-0.15, -0.1) is 0 Å². The van der Waals surface area contributed by atoms with Crippen molar-refractivity contribution >= 4 is 99.8 Å². The van der Waals surface area contributed by atoms with Crippen molar-refractivity contribution in [2.45, 2.75) is 55.9 Å². The molecule has 4 saturated heterocycles. The van der Waals surface area contributed by atoms with Crippen molar-refractivity contribution in [1.29, 1.82) is 0 Å². The summed E-state index contributed by atoms with van der Waals surface area (Å²) in [6, 6.07) is 6.85. The number of thiocarbonyl (C=S) groups is 1. The lowest BCUT2D eigenvalue weighted by atomic mass is 10.0. The van der Waals surface area contributed by atoms with E-state index in [-0.39, 0.29) is 132 Å². The van der Waals surface area contributed by atoms with E-state index in [9.17, 15) is 47.9 Å². The van der Waals surface area contributed by atoms with E-state index in [1.165, 1.54) is 9.80 Å². The first kappa shape index (κ1) is 49.9. The fourth-order valence-electron chi connectivity index (χ4n) is 7.98. The molecule has 12 amide bonds. The molecule has 5 aliphatic rings. The van der Waals surface area contributed by atoms with Crippen LogP contribution in [-0.4, -0.2) is 197 Å². The van der Waals surface area contributed by atoms with Gasteiger partial charge in [-0.1, -0.05) is 6.42 Å². The maximum Gasteiger partial charge on any atom is 0.317 e. The third kappa shape index (κ3) is 15.0. The van der Waals surface area contributed by atoms with Gasteiger partial charge in [-0.25, -0.2) is 9.59 Å². The van der Waals surface area contributed by atoms with Crippen LogP contribution in [0.3, 0.4) is 0 Å². The van der Waals surface area contributed by atoms with Gasteiger partial charge in [0.25, 0.3) is 11.8 Å². The Kier molecular flexibility index (Phi) is 18.1. The predicted octanol–water partition coefficient (Wildman–Crippen LogP) is -1.90. The third-order valence-electron chi connectivity index (χ3n) is 11.8.